The maximum Gasteiger partial charge on any atom is 0.243 e. The van der Waals surface area contributed by atoms with Crippen LogP contribution in [0.25, 0.3) is 0 Å². The highest BCUT2D eigenvalue weighted by molar-refractivity contribution is 7.89. The van der Waals surface area contributed by atoms with Crippen molar-refractivity contribution in [3.05, 3.63) is 59.2 Å². The van der Waals surface area contributed by atoms with E-state index in [0.717, 1.165) is 19.6 Å². The molecule has 26 heavy (non-hydrogen) atoms. The Balaban J connectivity index is 1.66. The summed E-state index contributed by atoms with van der Waals surface area (Å²) >= 11 is 0. The fourth-order valence-electron chi connectivity index (χ4n) is 3.26. The van der Waals surface area contributed by atoms with Gasteiger partial charge < -0.3 is 4.74 Å². The van der Waals surface area contributed by atoms with E-state index < -0.39 is 10.0 Å². The van der Waals surface area contributed by atoms with Gasteiger partial charge in [0.25, 0.3) is 0 Å². The van der Waals surface area contributed by atoms with E-state index in [-0.39, 0.29) is 0 Å². The lowest BCUT2D eigenvalue weighted by Crippen LogP contribution is -2.48. The molecule has 5 nitrogen and oxygen atoms in total. The van der Waals surface area contributed by atoms with Crippen molar-refractivity contribution in [3.8, 4) is 5.75 Å². The van der Waals surface area contributed by atoms with Crippen LogP contribution in [-0.4, -0.2) is 50.9 Å². The normalized spacial score (nSPS) is 16.6. The van der Waals surface area contributed by atoms with E-state index in [4.69, 9.17) is 4.74 Å². The van der Waals surface area contributed by atoms with Crippen LogP contribution in [0, 0.1) is 13.8 Å². The summed E-state index contributed by atoms with van der Waals surface area (Å²) in [5, 5.41) is 0. The molecular formula is C20H26N2O3S. The highest BCUT2D eigenvalue weighted by Crippen LogP contribution is 2.25. The summed E-state index contributed by atoms with van der Waals surface area (Å²) in [4.78, 5) is 2.67. The Morgan fingerprint density at radius 3 is 2.19 bits per heavy atom. The molecule has 1 aliphatic heterocycles. The van der Waals surface area contributed by atoms with Gasteiger partial charge in [0.15, 0.2) is 0 Å². The minimum Gasteiger partial charge on any atom is -0.497 e. The molecule has 1 fully saturated rings. The van der Waals surface area contributed by atoms with Crippen LogP contribution in [0.3, 0.4) is 0 Å². The van der Waals surface area contributed by atoms with Gasteiger partial charge in [0, 0.05) is 32.7 Å². The summed E-state index contributed by atoms with van der Waals surface area (Å²) in [6.45, 7) is 7.25. The predicted octanol–water partition coefficient (Wildman–Crippen LogP) is 2.82. The lowest BCUT2D eigenvalue weighted by Gasteiger charge is -2.34. The second-order valence-electron chi connectivity index (χ2n) is 6.80. The van der Waals surface area contributed by atoms with Gasteiger partial charge in [0.05, 0.1) is 12.0 Å². The van der Waals surface area contributed by atoms with Crippen molar-refractivity contribution in [2.24, 2.45) is 0 Å². The summed E-state index contributed by atoms with van der Waals surface area (Å²) in [5.41, 5.74) is 3.23. The highest BCUT2D eigenvalue weighted by Gasteiger charge is 2.29. The molecule has 0 saturated carbocycles. The minimum absolute atomic E-state index is 0.366. The summed E-state index contributed by atoms with van der Waals surface area (Å²) in [5.74, 6) is 0.671. The molecule has 0 atom stereocenters. The zero-order chi connectivity index (χ0) is 18.7. The summed E-state index contributed by atoms with van der Waals surface area (Å²) in [6, 6.07) is 13.6. The Morgan fingerprint density at radius 1 is 0.962 bits per heavy atom. The standard InChI is InChI=1S/C20H26N2O3S/c1-16-4-6-18(7-5-16)15-21-10-12-22(13-11-21)26(23,24)20-9-8-19(25-3)14-17(20)2/h4-9,14H,10-13,15H2,1-3H3. The molecule has 0 bridgehead atoms. The van der Waals surface area contributed by atoms with Crippen LogP contribution in [0.5, 0.6) is 5.75 Å². The van der Waals surface area contributed by atoms with Crippen LogP contribution in [0.1, 0.15) is 16.7 Å². The Hall–Kier alpha value is -1.89. The lowest BCUT2D eigenvalue weighted by molar-refractivity contribution is 0.181. The first-order chi connectivity index (χ1) is 12.4. The average Bonchev–Trinajstić information content (AvgIpc) is 2.63. The predicted molar refractivity (Wildman–Crippen MR) is 103 cm³/mol. The zero-order valence-electron chi connectivity index (χ0n) is 15.6. The van der Waals surface area contributed by atoms with Gasteiger partial charge in [0.2, 0.25) is 10.0 Å². The number of piperazine rings is 1. The van der Waals surface area contributed by atoms with Crippen LogP contribution in [0.4, 0.5) is 0 Å². The SMILES string of the molecule is COc1ccc(S(=O)(=O)N2CCN(Cc3ccc(C)cc3)CC2)c(C)c1. The third kappa shape index (κ3) is 4.09. The zero-order valence-corrected chi connectivity index (χ0v) is 16.4. The van der Waals surface area contributed by atoms with Crippen LogP contribution in [-0.2, 0) is 16.6 Å². The van der Waals surface area contributed by atoms with Gasteiger partial charge in [0.1, 0.15) is 5.75 Å². The summed E-state index contributed by atoms with van der Waals surface area (Å²) in [6.07, 6.45) is 0. The van der Waals surface area contributed by atoms with Crippen molar-refractivity contribution in [2.45, 2.75) is 25.3 Å². The molecule has 6 heteroatoms. The molecule has 0 N–H and O–H groups in total. The first-order valence-electron chi connectivity index (χ1n) is 8.83. The fourth-order valence-corrected chi connectivity index (χ4v) is 4.89. The van der Waals surface area contributed by atoms with E-state index in [1.165, 1.54) is 11.1 Å². The maximum absolute atomic E-state index is 13.0. The fraction of sp³-hybridized carbons (Fsp3) is 0.400. The van der Waals surface area contributed by atoms with Crippen molar-refractivity contribution < 1.29 is 13.2 Å². The van der Waals surface area contributed by atoms with Crippen LogP contribution < -0.4 is 4.74 Å². The number of ether oxygens (including phenoxy) is 1. The van der Waals surface area contributed by atoms with Gasteiger partial charge in [-0.3, -0.25) is 4.90 Å². The van der Waals surface area contributed by atoms with Crippen LogP contribution in [0.15, 0.2) is 47.4 Å². The average molecular weight is 375 g/mol. The molecule has 0 amide bonds. The molecule has 1 heterocycles. The number of hydrogen-bond acceptors (Lipinski definition) is 4. The summed E-state index contributed by atoms with van der Waals surface area (Å²) in [7, 11) is -1.89. The first-order valence-corrected chi connectivity index (χ1v) is 10.3. The lowest BCUT2D eigenvalue weighted by atomic mass is 10.1. The minimum atomic E-state index is -3.47. The molecule has 0 spiro atoms. The molecule has 140 valence electrons. The third-order valence-electron chi connectivity index (χ3n) is 4.86. The van der Waals surface area contributed by atoms with E-state index in [9.17, 15) is 8.42 Å². The second kappa shape index (κ2) is 7.78. The third-order valence-corrected chi connectivity index (χ3v) is 6.92. The highest BCUT2D eigenvalue weighted by atomic mass is 32.2. The van der Waals surface area contributed by atoms with Crippen molar-refractivity contribution >= 4 is 10.0 Å². The number of sulfonamides is 1. The summed E-state index contributed by atoms with van der Waals surface area (Å²) < 4.78 is 32.7. The maximum atomic E-state index is 13.0. The van der Waals surface area contributed by atoms with E-state index >= 15 is 0 Å². The number of rotatable bonds is 5. The molecule has 0 aliphatic carbocycles. The molecule has 0 unspecified atom stereocenters. The van der Waals surface area contributed by atoms with Gasteiger partial charge in [-0.15, -0.1) is 0 Å². The van der Waals surface area contributed by atoms with Gasteiger partial charge in [-0.1, -0.05) is 29.8 Å². The molecule has 1 aliphatic rings. The quantitative estimate of drug-likeness (QED) is 0.808. The molecule has 2 aromatic rings. The van der Waals surface area contributed by atoms with Crippen LogP contribution >= 0.6 is 0 Å². The molecule has 2 aromatic carbocycles. The topological polar surface area (TPSA) is 49.9 Å². The Bertz CT molecular complexity index is 855. The number of methoxy groups -OCH3 is 1. The monoisotopic (exact) mass is 374 g/mol. The van der Waals surface area contributed by atoms with Gasteiger partial charge in [-0.05, 0) is 43.2 Å². The number of aryl methyl sites for hydroxylation is 2. The van der Waals surface area contributed by atoms with E-state index in [1.807, 2.05) is 6.92 Å². The van der Waals surface area contributed by atoms with Crippen molar-refractivity contribution in [2.75, 3.05) is 33.3 Å². The first kappa shape index (κ1) is 18.9. The number of nitrogens with zero attached hydrogens (tertiary/aromatic N) is 2. The van der Waals surface area contributed by atoms with E-state index in [2.05, 4.69) is 36.1 Å². The molecule has 1 saturated heterocycles. The molecule has 0 radical (unpaired) electrons. The van der Waals surface area contributed by atoms with E-state index in [1.54, 1.807) is 29.6 Å². The van der Waals surface area contributed by atoms with Gasteiger partial charge in [-0.2, -0.15) is 4.31 Å². The number of hydrogen-bond donors (Lipinski definition) is 0. The van der Waals surface area contributed by atoms with E-state index in [0.29, 0.717) is 29.3 Å². The molecular weight excluding hydrogens is 348 g/mol. The Kier molecular flexibility index (Phi) is 5.65. The molecule has 3 rings (SSSR count). The Labute approximate surface area is 156 Å². The number of benzene rings is 2. The van der Waals surface area contributed by atoms with Crippen molar-refractivity contribution in [1.82, 2.24) is 9.21 Å². The Morgan fingerprint density at radius 2 is 1.62 bits per heavy atom. The van der Waals surface area contributed by atoms with Crippen molar-refractivity contribution in [1.29, 1.82) is 0 Å². The van der Waals surface area contributed by atoms with Gasteiger partial charge >= 0.3 is 0 Å². The smallest absolute Gasteiger partial charge is 0.243 e. The van der Waals surface area contributed by atoms with Gasteiger partial charge in [-0.25, -0.2) is 8.42 Å². The van der Waals surface area contributed by atoms with Crippen molar-refractivity contribution in [3.63, 3.8) is 0 Å². The van der Waals surface area contributed by atoms with Crippen LogP contribution in [0.2, 0.25) is 0 Å². The molecule has 0 aromatic heterocycles. The second-order valence-corrected chi connectivity index (χ2v) is 8.70. The largest absolute Gasteiger partial charge is 0.497 e.